The fourth-order valence-electron chi connectivity index (χ4n) is 3.98. The quantitative estimate of drug-likeness (QED) is 0.241. The molecule has 6 heteroatoms. The molecule has 0 saturated carbocycles. The van der Waals surface area contributed by atoms with Crippen LogP contribution in [0.25, 0.3) is 20.8 Å². The second kappa shape index (κ2) is 12.0. The fraction of sp³-hybridized carbons (Fsp3) is 0.480. The Labute approximate surface area is 198 Å². The third kappa shape index (κ3) is 6.75. The van der Waals surface area contributed by atoms with Crippen molar-refractivity contribution in [2.75, 3.05) is 51.2 Å². The number of hydrogen-bond acceptors (Lipinski definition) is 5. The van der Waals surface area contributed by atoms with Crippen LogP contribution in [0.15, 0.2) is 48.5 Å². The molecule has 1 aliphatic heterocycles. The van der Waals surface area contributed by atoms with Gasteiger partial charge in [-0.3, -0.25) is 0 Å². The summed E-state index contributed by atoms with van der Waals surface area (Å²) in [6.45, 7) is 8.09. The first-order valence-electron chi connectivity index (χ1n) is 11.4. The molecule has 0 radical (unpaired) electrons. The largest absolute Gasteiger partial charge is 0.494 e. The van der Waals surface area contributed by atoms with Crippen LogP contribution in [0.4, 0.5) is 0 Å². The Morgan fingerprint density at radius 3 is 2.19 bits per heavy atom. The smallest absolute Gasteiger partial charge is 0.124 e. The van der Waals surface area contributed by atoms with Gasteiger partial charge in [-0.15, -0.1) is 11.3 Å². The SMILES string of the molecule is BrCCCCN1CCN(CCCCOc2ccc(-c3nc4ccccc4s3)cc2)CC1. The molecule has 3 aromatic rings. The van der Waals surface area contributed by atoms with E-state index in [-0.39, 0.29) is 0 Å². The molecule has 4 rings (SSSR count). The Morgan fingerprint density at radius 2 is 1.52 bits per heavy atom. The highest BCUT2D eigenvalue weighted by molar-refractivity contribution is 9.09. The minimum absolute atomic E-state index is 0.785. The fourth-order valence-corrected chi connectivity index (χ4v) is 5.35. The van der Waals surface area contributed by atoms with Crippen LogP contribution >= 0.6 is 27.3 Å². The van der Waals surface area contributed by atoms with Crippen molar-refractivity contribution in [2.45, 2.75) is 25.7 Å². The van der Waals surface area contributed by atoms with Crippen molar-refractivity contribution in [2.24, 2.45) is 0 Å². The Morgan fingerprint density at radius 1 is 0.839 bits per heavy atom. The molecular weight excluding hydrogens is 470 g/mol. The number of thiazole rings is 1. The summed E-state index contributed by atoms with van der Waals surface area (Å²) in [7, 11) is 0. The number of alkyl halides is 1. The van der Waals surface area contributed by atoms with Gasteiger partial charge in [0.05, 0.1) is 16.8 Å². The number of rotatable bonds is 11. The number of para-hydroxylation sites is 1. The van der Waals surface area contributed by atoms with Crippen LogP contribution in [0, 0.1) is 0 Å². The van der Waals surface area contributed by atoms with Gasteiger partial charge in [-0.1, -0.05) is 28.1 Å². The number of unbranched alkanes of at least 4 members (excludes halogenated alkanes) is 2. The molecule has 1 aliphatic rings. The van der Waals surface area contributed by atoms with Gasteiger partial charge in [-0.05, 0) is 75.2 Å². The third-order valence-corrected chi connectivity index (χ3v) is 7.50. The van der Waals surface area contributed by atoms with Crippen molar-refractivity contribution in [1.29, 1.82) is 0 Å². The molecule has 166 valence electrons. The summed E-state index contributed by atoms with van der Waals surface area (Å²) < 4.78 is 7.20. The van der Waals surface area contributed by atoms with Gasteiger partial charge in [0, 0.05) is 37.1 Å². The standard InChI is InChI=1S/C25H32BrN3OS/c26-13-3-4-14-28-16-18-29(19-17-28)15-5-6-20-30-22-11-9-21(10-12-22)25-27-23-7-1-2-8-24(23)31-25/h1-2,7-12H,3-6,13-20H2. The molecule has 0 amide bonds. The van der Waals surface area contributed by atoms with Gasteiger partial charge in [-0.25, -0.2) is 4.98 Å². The average Bonchev–Trinajstić information content (AvgIpc) is 3.25. The highest BCUT2D eigenvalue weighted by atomic mass is 79.9. The molecule has 0 spiro atoms. The number of piperazine rings is 1. The maximum Gasteiger partial charge on any atom is 0.124 e. The van der Waals surface area contributed by atoms with Gasteiger partial charge in [0.15, 0.2) is 0 Å². The molecule has 4 nitrogen and oxygen atoms in total. The zero-order valence-electron chi connectivity index (χ0n) is 18.1. The van der Waals surface area contributed by atoms with Crippen molar-refractivity contribution >= 4 is 37.5 Å². The topological polar surface area (TPSA) is 28.6 Å². The summed E-state index contributed by atoms with van der Waals surface area (Å²) in [6, 6.07) is 16.7. The van der Waals surface area contributed by atoms with Gasteiger partial charge >= 0.3 is 0 Å². The summed E-state index contributed by atoms with van der Waals surface area (Å²) in [5, 5.41) is 2.19. The molecule has 0 aliphatic carbocycles. The van der Waals surface area contributed by atoms with Gasteiger partial charge < -0.3 is 14.5 Å². The zero-order valence-corrected chi connectivity index (χ0v) is 20.5. The third-order valence-electron chi connectivity index (χ3n) is 5.86. The summed E-state index contributed by atoms with van der Waals surface area (Å²) in [5.41, 5.74) is 2.22. The van der Waals surface area contributed by atoms with E-state index in [0.29, 0.717) is 0 Å². The van der Waals surface area contributed by atoms with E-state index in [1.807, 2.05) is 6.07 Å². The molecule has 2 aromatic carbocycles. The predicted molar refractivity (Wildman–Crippen MR) is 136 cm³/mol. The van der Waals surface area contributed by atoms with Crippen molar-refractivity contribution in [3.63, 3.8) is 0 Å². The van der Waals surface area contributed by atoms with E-state index in [1.54, 1.807) is 11.3 Å². The predicted octanol–water partition coefficient (Wildman–Crippen LogP) is 5.92. The first kappa shape index (κ1) is 22.7. The second-order valence-electron chi connectivity index (χ2n) is 8.15. The number of fused-ring (bicyclic) bond motifs is 1. The number of halogens is 1. The Bertz CT molecular complexity index is 889. The Hall–Kier alpha value is -1.47. The van der Waals surface area contributed by atoms with Gasteiger partial charge in [0.25, 0.3) is 0 Å². The Kier molecular flexibility index (Phi) is 8.76. The van der Waals surface area contributed by atoms with Crippen LogP contribution in [0.2, 0.25) is 0 Å². The average molecular weight is 503 g/mol. The number of aromatic nitrogens is 1. The lowest BCUT2D eigenvalue weighted by Gasteiger charge is -2.34. The molecule has 1 aromatic heterocycles. The number of benzene rings is 2. The minimum Gasteiger partial charge on any atom is -0.494 e. The van der Waals surface area contributed by atoms with Gasteiger partial charge in [0.1, 0.15) is 10.8 Å². The summed E-state index contributed by atoms with van der Waals surface area (Å²) >= 11 is 5.26. The van der Waals surface area contributed by atoms with Crippen LogP contribution in [0.3, 0.4) is 0 Å². The van der Waals surface area contributed by atoms with E-state index in [2.05, 4.69) is 68.2 Å². The van der Waals surface area contributed by atoms with Gasteiger partial charge in [-0.2, -0.15) is 0 Å². The molecule has 1 fully saturated rings. The van der Waals surface area contributed by atoms with Gasteiger partial charge in [0.2, 0.25) is 0 Å². The van der Waals surface area contributed by atoms with E-state index < -0.39 is 0 Å². The molecule has 31 heavy (non-hydrogen) atoms. The van der Waals surface area contributed by atoms with E-state index in [4.69, 9.17) is 9.72 Å². The maximum atomic E-state index is 5.97. The number of nitrogens with zero attached hydrogens (tertiary/aromatic N) is 3. The van der Waals surface area contributed by atoms with E-state index in [9.17, 15) is 0 Å². The van der Waals surface area contributed by atoms with Crippen LogP contribution in [0.1, 0.15) is 25.7 Å². The number of ether oxygens (including phenoxy) is 1. The first-order valence-corrected chi connectivity index (χ1v) is 13.3. The molecule has 0 bridgehead atoms. The summed E-state index contributed by atoms with van der Waals surface area (Å²) in [6.07, 6.45) is 4.90. The number of hydrogen-bond donors (Lipinski definition) is 0. The van der Waals surface area contributed by atoms with Crippen LogP contribution in [0.5, 0.6) is 5.75 Å². The highest BCUT2D eigenvalue weighted by Gasteiger charge is 2.15. The normalized spacial score (nSPS) is 15.5. The molecule has 2 heterocycles. The van der Waals surface area contributed by atoms with Crippen molar-refractivity contribution in [3.05, 3.63) is 48.5 Å². The van der Waals surface area contributed by atoms with E-state index in [0.717, 1.165) is 40.2 Å². The molecule has 1 saturated heterocycles. The van der Waals surface area contributed by atoms with Crippen LogP contribution in [-0.2, 0) is 0 Å². The molecule has 0 N–H and O–H groups in total. The molecule has 0 atom stereocenters. The zero-order chi connectivity index (χ0) is 21.3. The van der Waals surface area contributed by atoms with Crippen molar-refractivity contribution in [3.8, 4) is 16.3 Å². The molecular formula is C25H32BrN3OS. The lowest BCUT2D eigenvalue weighted by Crippen LogP contribution is -2.46. The monoisotopic (exact) mass is 501 g/mol. The maximum absolute atomic E-state index is 5.97. The lowest BCUT2D eigenvalue weighted by atomic mass is 10.2. The summed E-state index contributed by atoms with van der Waals surface area (Å²) in [5.74, 6) is 0.946. The Balaban J connectivity index is 1.12. The van der Waals surface area contributed by atoms with Crippen LogP contribution in [-0.4, -0.2) is 66.0 Å². The minimum atomic E-state index is 0.785. The van der Waals surface area contributed by atoms with E-state index in [1.165, 1.54) is 63.2 Å². The molecule has 0 unspecified atom stereocenters. The van der Waals surface area contributed by atoms with Crippen molar-refractivity contribution < 1.29 is 4.74 Å². The lowest BCUT2D eigenvalue weighted by molar-refractivity contribution is 0.128. The first-order chi connectivity index (χ1) is 15.3. The second-order valence-corrected chi connectivity index (χ2v) is 9.97. The van der Waals surface area contributed by atoms with Crippen molar-refractivity contribution in [1.82, 2.24) is 14.8 Å². The van der Waals surface area contributed by atoms with E-state index >= 15 is 0 Å². The summed E-state index contributed by atoms with van der Waals surface area (Å²) in [4.78, 5) is 9.95. The highest BCUT2D eigenvalue weighted by Crippen LogP contribution is 2.30. The van der Waals surface area contributed by atoms with Crippen LogP contribution < -0.4 is 4.74 Å².